The second-order valence-corrected chi connectivity index (χ2v) is 6.12. The first-order valence-corrected chi connectivity index (χ1v) is 8.14. The van der Waals surface area contributed by atoms with Gasteiger partial charge in [0.25, 0.3) is 5.91 Å². The van der Waals surface area contributed by atoms with E-state index < -0.39 is 12.2 Å². The van der Waals surface area contributed by atoms with E-state index in [2.05, 4.69) is 31.5 Å². The number of carbonyl (C=O) groups excluding carboxylic acids is 1. The number of nitrogens with zero attached hydrogens (tertiary/aromatic N) is 3. The highest BCUT2D eigenvalue weighted by molar-refractivity contribution is 6.33. The number of amides is 1. The van der Waals surface area contributed by atoms with Gasteiger partial charge in [-0.2, -0.15) is 5.10 Å². The van der Waals surface area contributed by atoms with Gasteiger partial charge in [0.05, 0.1) is 23.5 Å². The molecule has 142 valence electrons. The molecule has 2 heterocycles. The van der Waals surface area contributed by atoms with Gasteiger partial charge in [-0.3, -0.25) is 14.5 Å². The Balaban J connectivity index is 1.64. The molecule has 0 aliphatic carbocycles. The van der Waals surface area contributed by atoms with Crippen LogP contribution in [0.5, 0.6) is 11.5 Å². The van der Waals surface area contributed by atoms with Crippen molar-refractivity contribution >= 4 is 29.4 Å². The van der Waals surface area contributed by atoms with Crippen LogP contribution in [0, 0.1) is 6.92 Å². The molecular formula is C17H15ClF2N4O3. The van der Waals surface area contributed by atoms with E-state index in [1.54, 1.807) is 14.0 Å². The summed E-state index contributed by atoms with van der Waals surface area (Å²) in [6.45, 7) is 5.64. The minimum absolute atomic E-state index is 0.0432. The third-order valence-corrected chi connectivity index (χ3v) is 4.05. The number of alkyl halides is 2. The van der Waals surface area contributed by atoms with Crippen molar-refractivity contribution in [3.05, 3.63) is 46.8 Å². The Kier molecular flexibility index (Phi) is 4.88. The molecular weight excluding hydrogens is 382 g/mol. The zero-order valence-electron chi connectivity index (χ0n) is 14.4. The van der Waals surface area contributed by atoms with Crippen molar-refractivity contribution in [2.24, 2.45) is 12.0 Å². The lowest BCUT2D eigenvalue weighted by molar-refractivity contribution is -0.286. The molecule has 0 saturated carbocycles. The molecule has 1 aliphatic rings. The molecule has 1 N–H and O–H groups in total. The fourth-order valence-electron chi connectivity index (χ4n) is 2.52. The summed E-state index contributed by atoms with van der Waals surface area (Å²) >= 11 is 5.90. The van der Waals surface area contributed by atoms with E-state index in [0.29, 0.717) is 16.8 Å². The van der Waals surface area contributed by atoms with E-state index >= 15 is 0 Å². The minimum Gasteiger partial charge on any atom is -0.395 e. The smallest absolute Gasteiger partial charge is 0.395 e. The maximum atomic E-state index is 13.1. The van der Waals surface area contributed by atoms with E-state index in [4.69, 9.17) is 11.6 Å². The SMILES string of the molecule is C=C(N=CCNC(=O)c1c(Cl)cnn1C)c1cc2c(cc1C)OC(F)(F)O2. The highest BCUT2D eigenvalue weighted by atomic mass is 35.5. The molecule has 3 rings (SSSR count). The molecule has 0 bridgehead atoms. The fraction of sp³-hybridized carbons (Fsp3) is 0.235. The van der Waals surface area contributed by atoms with Gasteiger partial charge in [-0.1, -0.05) is 18.2 Å². The fourth-order valence-corrected chi connectivity index (χ4v) is 2.77. The predicted molar refractivity (Wildman–Crippen MR) is 95.5 cm³/mol. The summed E-state index contributed by atoms with van der Waals surface area (Å²) in [6, 6.07) is 2.82. The van der Waals surface area contributed by atoms with Crippen molar-refractivity contribution in [1.29, 1.82) is 0 Å². The lowest BCUT2D eigenvalue weighted by Crippen LogP contribution is -2.27. The van der Waals surface area contributed by atoms with Crippen molar-refractivity contribution < 1.29 is 23.0 Å². The zero-order valence-corrected chi connectivity index (χ0v) is 15.2. The largest absolute Gasteiger partial charge is 0.586 e. The summed E-state index contributed by atoms with van der Waals surface area (Å²) in [7, 11) is 1.60. The molecule has 2 aromatic rings. The van der Waals surface area contributed by atoms with Gasteiger partial charge in [0.1, 0.15) is 5.69 Å². The van der Waals surface area contributed by atoms with Crippen LogP contribution in [0.25, 0.3) is 5.70 Å². The van der Waals surface area contributed by atoms with Crippen LogP contribution in [0.15, 0.2) is 29.9 Å². The molecule has 1 aliphatic heterocycles. The summed E-state index contributed by atoms with van der Waals surface area (Å²) in [6.07, 6.45) is -0.878. The van der Waals surface area contributed by atoms with Crippen molar-refractivity contribution in [2.75, 3.05) is 6.54 Å². The number of aryl methyl sites for hydroxylation is 2. The standard InChI is InChI=1S/C17H15ClF2N4O3/c1-9-6-13-14(27-17(19,20)26-13)7-11(9)10(2)21-4-5-22-16(25)15-12(18)8-23-24(15)3/h4,6-8H,2,5H2,1,3H3,(H,22,25). The van der Waals surface area contributed by atoms with E-state index in [1.165, 1.54) is 29.2 Å². The molecule has 0 spiro atoms. The van der Waals surface area contributed by atoms with Crippen LogP contribution >= 0.6 is 11.6 Å². The summed E-state index contributed by atoms with van der Waals surface area (Å²) in [4.78, 5) is 16.2. The van der Waals surface area contributed by atoms with Gasteiger partial charge in [0.15, 0.2) is 11.5 Å². The van der Waals surface area contributed by atoms with Crippen LogP contribution in [-0.4, -0.2) is 34.7 Å². The van der Waals surface area contributed by atoms with Crippen molar-refractivity contribution in [3.8, 4) is 11.5 Å². The quantitative estimate of drug-likeness (QED) is 0.787. The monoisotopic (exact) mass is 396 g/mol. The third-order valence-electron chi connectivity index (χ3n) is 3.77. The average molecular weight is 397 g/mol. The molecule has 7 nitrogen and oxygen atoms in total. The highest BCUT2D eigenvalue weighted by Gasteiger charge is 2.43. The van der Waals surface area contributed by atoms with Gasteiger partial charge >= 0.3 is 6.29 Å². The lowest BCUT2D eigenvalue weighted by Gasteiger charge is -2.07. The van der Waals surface area contributed by atoms with E-state index in [9.17, 15) is 13.6 Å². The number of carbonyl (C=O) groups is 1. The molecule has 0 fully saturated rings. The molecule has 1 aromatic carbocycles. The van der Waals surface area contributed by atoms with Gasteiger partial charge < -0.3 is 14.8 Å². The van der Waals surface area contributed by atoms with Crippen LogP contribution in [0.3, 0.4) is 0 Å². The molecule has 1 aromatic heterocycles. The van der Waals surface area contributed by atoms with Gasteiger partial charge in [-0.15, -0.1) is 8.78 Å². The molecule has 0 unspecified atom stereocenters. The minimum atomic E-state index is -3.69. The Morgan fingerprint density at radius 2 is 2.11 bits per heavy atom. The molecule has 1 amide bonds. The Morgan fingerprint density at radius 3 is 2.74 bits per heavy atom. The van der Waals surface area contributed by atoms with Crippen LogP contribution < -0.4 is 14.8 Å². The normalized spacial score (nSPS) is 14.6. The van der Waals surface area contributed by atoms with Gasteiger partial charge in [-0.25, -0.2) is 0 Å². The van der Waals surface area contributed by atoms with E-state index in [-0.39, 0.29) is 28.8 Å². The molecule has 0 radical (unpaired) electrons. The number of ether oxygens (including phenoxy) is 2. The summed E-state index contributed by atoms with van der Waals surface area (Å²) in [5.74, 6) is -0.534. The van der Waals surface area contributed by atoms with Crippen LogP contribution in [0.1, 0.15) is 21.6 Å². The van der Waals surface area contributed by atoms with Gasteiger partial charge in [0, 0.05) is 18.8 Å². The topological polar surface area (TPSA) is 77.7 Å². The van der Waals surface area contributed by atoms with Crippen molar-refractivity contribution in [2.45, 2.75) is 13.2 Å². The molecule has 0 saturated heterocycles. The number of aromatic nitrogens is 2. The third kappa shape index (κ3) is 3.92. The van der Waals surface area contributed by atoms with E-state index in [1.807, 2.05) is 0 Å². The number of rotatable bonds is 5. The summed E-state index contributed by atoms with van der Waals surface area (Å²) < 4.78 is 36.5. The Bertz CT molecular complexity index is 936. The number of hydrogen-bond donors (Lipinski definition) is 1. The number of benzene rings is 1. The highest BCUT2D eigenvalue weighted by Crippen LogP contribution is 2.43. The zero-order chi connectivity index (χ0) is 19.8. The van der Waals surface area contributed by atoms with Crippen LogP contribution in [0.4, 0.5) is 8.78 Å². The Hall–Kier alpha value is -2.94. The number of halogens is 3. The molecule has 0 atom stereocenters. The first-order chi connectivity index (χ1) is 12.7. The van der Waals surface area contributed by atoms with Crippen LogP contribution in [0.2, 0.25) is 5.02 Å². The second kappa shape index (κ2) is 6.99. The number of hydrogen-bond acceptors (Lipinski definition) is 5. The Labute approximate surface area is 158 Å². The number of fused-ring (bicyclic) bond motifs is 1. The van der Waals surface area contributed by atoms with Gasteiger partial charge in [-0.05, 0) is 24.6 Å². The van der Waals surface area contributed by atoms with E-state index in [0.717, 1.165) is 0 Å². The molecule has 10 heteroatoms. The first kappa shape index (κ1) is 18.8. The predicted octanol–water partition coefficient (Wildman–Crippen LogP) is 3.17. The van der Waals surface area contributed by atoms with Crippen molar-refractivity contribution in [3.63, 3.8) is 0 Å². The average Bonchev–Trinajstić information content (AvgIpc) is 3.07. The number of aliphatic imine (C=N–C) groups is 1. The second-order valence-electron chi connectivity index (χ2n) is 5.71. The van der Waals surface area contributed by atoms with Crippen LogP contribution in [-0.2, 0) is 7.05 Å². The summed E-state index contributed by atoms with van der Waals surface area (Å²) in [5, 5.41) is 6.74. The Morgan fingerprint density at radius 1 is 1.44 bits per heavy atom. The van der Waals surface area contributed by atoms with Gasteiger partial charge in [0.2, 0.25) is 0 Å². The van der Waals surface area contributed by atoms with Crippen molar-refractivity contribution in [1.82, 2.24) is 15.1 Å². The lowest BCUT2D eigenvalue weighted by atomic mass is 10.1. The number of nitrogens with one attached hydrogen (secondary N) is 1. The maximum absolute atomic E-state index is 13.1. The molecule has 27 heavy (non-hydrogen) atoms. The summed E-state index contributed by atoms with van der Waals surface area (Å²) in [5.41, 5.74) is 1.72. The first-order valence-electron chi connectivity index (χ1n) is 7.76. The maximum Gasteiger partial charge on any atom is 0.586 e.